The van der Waals surface area contributed by atoms with Gasteiger partial charge in [-0.2, -0.15) is 0 Å². The summed E-state index contributed by atoms with van der Waals surface area (Å²) in [4.78, 5) is 11.7. The maximum atomic E-state index is 15.1. The normalized spacial score (nSPS) is 17.5. The maximum absolute atomic E-state index is 15.1. The number of nitrogens with one attached hydrogen (secondary N) is 1. The molecule has 0 radical (unpaired) electrons. The molecule has 0 spiro atoms. The lowest BCUT2D eigenvalue weighted by molar-refractivity contribution is 0.0696. The fraction of sp³-hybridized carbons (Fsp3) is 0.233. The minimum atomic E-state index is -1.05. The average Bonchev–Trinajstić information content (AvgIpc) is 2.86. The van der Waals surface area contributed by atoms with Gasteiger partial charge >= 0.3 is 5.97 Å². The third-order valence-corrected chi connectivity index (χ3v) is 7.07. The summed E-state index contributed by atoms with van der Waals surface area (Å²) in [5.41, 5.74) is 3.13. The summed E-state index contributed by atoms with van der Waals surface area (Å²) in [5, 5.41) is 15.6. The molecule has 0 fully saturated rings. The molecule has 0 aliphatic carbocycles. The number of aromatic carboxylic acids is 1. The monoisotopic (exact) mass is 505 g/mol. The van der Waals surface area contributed by atoms with E-state index in [2.05, 4.69) is 42.6 Å². The van der Waals surface area contributed by atoms with Gasteiger partial charge in [0.2, 0.25) is 0 Å². The summed E-state index contributed by atoms with van der Waals surface area (Å²) in [6, 6.07) is 25.0. The van der Waals surface area contributed by atoms with E-state index < -0.39 is 5.97 Å². The molecule has 1 aliphatic rings. The molecule has 6 heteroatoms. The van der Waals surface area contributed by atoms with Crippen LogP contribution in [0, 0.1) is 12.7 Å². The van der Waals surface area contributed by atoms with Gasteiger partial charge in [0.15, 0.2) is 0 Å². The summed E-state index contributed by atoms with van der Waals surface area (Å²) in [6.07, 6.45) is 0.354. The number of para-hydroxylation sites is 1. The van der Waals surface area contributed by atoms with Crippen LogP contribution in [0.25, 0.3) is 10.8 Å². The molecule has 0 aromatic heterocycles. The highest BCUT2D eigenvalue weighted by Crippen LogP contribution is 2.43. The Morgan fingerprint density at radius 2 is 1.78 bits per heavy atom. The molecule has 4 nitrogen and oxygen atoms in total. The molecule has 3 atom stereocenters. The predicted octanol–water partition coefficient (Wildman–Crippen LogP) is 7.04. The molecule has 5 rings (SSSR count). The Balaban J connectivity index is 0.00000304. The van der Waals surface area contributed by atoms with Gasteiger partial charge in [0, 0.05) is 24.1 Å². The first kappa shape index (κ1) is 25.7. The van der Waals surface area contributed by atoms with E-state index in [0.29, 0.717) is 29.8 Å². The molecule has 2 N–H and O–H groups in total. The molecule has 0 saturated heterocycles. The Bertz CT molecular complexity index is 1400. The van der Waals surface area contributed by atoms with Gasteiger partial charge in [0.1, 0.15) is 17.7 Å². The number of carboxylic acids is 1. The SMILES string of the molecule is Cc1c(C(=O)O)ccc(F)c1C1CC(CN[C@H](C)c2cccc3ccccc23)Oc2ccccc21.Cl. The second kappa shape index (κ2) is 10.7. The van der Waals surface area contributed by atoms with E-state index in [1.807, 2.05) is 36.4 Å². The standard InChI is InChI=1S/C30H28FNO3.ClH/c1-18-22(30(33)34)14-15-27(31)29(18)26-16-21(35-28-13-6-5-11-25(26)28)17-32-19(2)23-12-7-9-20-8-3-4-10-24(20)23;/h3-15,19,21,26,32H,16-17H2,1-2H3,(H,33,34);1H/t19-,21?,26?;/m1./s1. The largest absolute Gasteiger partial charge is 0.489 e. The van der Waals surface area contributed by atoms with Crippen molar-refractivity contribution in [1.29, 1.82) is 0 Å². The smallest absolute Gasteiger partial charge is 0.335 e. The van der Waals surface area contributed by atoms with Crippen LogP contribution in [0.4, 0.5) is 4.39 Å². The highest BCUT2D eigenvalue weighted by Gasteiger charge is 2.33. The number of fused-ring (bicyclic) bond motifs is 2. The van der Waals surface area contributed by atoms with Gasteiger partial charge in [-0.05, 0) is 65.9 Å². The van der Waals surface area contributed by atoms with Crippen LogP contribution in [0.15, 0.2) is 78.9 Å². The number of halogens is 2. The van der Waals surface area contributed by atoms with Crippen molar-refractivity contribution in [3.8, 4) is 5.75 Å². The van der Waals surface area contributed by atoms with Gasteiger partial charge in [0.25, 0.3) is 0 Å². The van der Waals surface area contributed by atoms with E-state index in [0.717, 1.165) is 5.56 Å². The zero-order chi connectivity index (χ0) is 24.5. The van der Waals surface area contributed by atoms with Crippen LogP contribution in [-0.2, 0) is 0 Å². The van der Waals surface area contributed by atoms with Crippen molar-refractivity contribution in [2.45, 2.75) is 38.3 Å². The molecule has 0 amide bonds. The van der Waals surface area contributed by atoms with Crippen molar-refractivity contribution in [3.63, 3.8) is 0 Å². The van der Waals surface area contributed by atoms with Crippen LogP contribution in [-0.4, -0.2) is 23.7 Å². The van der Waals surface area contributed by atoms with Gasteiger partial charge in [-0.25, -0.2) is 9.18 Å². The summed E-state index contributed by atoms with van der Waals surface area (Å²) >= 11 is 0. The third-order valence-electron chi connectivity index (χ3n) is 7.07. The van der Waals surface area contributed by atoms with Gasteiger partial charge in [-0.1, -0.05) is 60.7 Å². The highest BCUT2D eigenvalue weighted by atomic mass is 35.5. The topological polar surface area (TPSA) is 58.6 Å². The van der Waals surface area contributed by atoms with Crippen molar-refractivity contribution >= 4 is 29.1 Å². The second-order valence-corrected chi connectivity index (χ2v) is 9.20. The zero-order valence-corrected chi connectivity index (χ0v) is 21.0. The lowest BCUT2D eigenvalue weighted by Crippen LogP contribution is -2.37. The summed E-state index contributed by atoms with van der Waals surface area (Å²) in [6.45, 7) is 4.40. The minimum Gasteiger partial charge on any atom is -0.489 e. The molecule has 36 heavy (non-hydrogen) atoms. The van der Waals surface area contributed by atoms with Crippen LogP contribution >= 0.6 is 12.4 Å². The highest BCUT2D eigenvalue weighted by molar-refractivity contribution is 5.90. The summed E-state index contributed by atoms with van der Waals surface area (Å²) in [7, 11) is 0. The van der Waals surface area contributed by atoms with Gasteiger partial charge < -0.3 is 15.2 Å². The second-order valence-electron chi connectivity index (χ2n) is 9.20. The van der Waals surface area contributed by atoms with Crippen molar-refractivity contribution in [2.24, 2.45) is 0 Å². The summed E-state index contributed by atoms with van der Waals surface area (Å²) < 4.78 is 21.4. The lowest BCUT2D eigenvalue weighted by atomic mass is 9.81. The molecular weight excluding hydrogens is 477 g/mol. The number of carboxylic acid groups (broad SMARTS) is 1. The maximum Gasteiger partial charge on any atom is 0.335 e. The van der Waals surface area contributed by atoms with Crippen molar-refractivity contribution in [2.75, 3.05) is 6.54 Å². The van der Waals surface area contributed by atoms with E-state index in [9.17, 15) is 9.90 Å². The van der Waals surface area contributed by atoms with Crippen molar-refractivity contribution < 1.29 is 19.0 Å². The Morgan fingerprint density at radius 1 is 1.06 bits per heavy atom. The molecule has 0 bridgehead atoms. The number of rotatable bonds is 6. The molecule has 186 valence electrons. The van der Waals surface area contributed by atoms with E-state index in [1.54, 1.807) is 6.92 Å². The van der Waals surface area contributed by atoms with E-state index in [4.69, 9.17) is 4.74 Å². The molecular formula is C30H29ClFNO3. The molecule has 1 aliphatic heterocycles. The first-order valence-electron chi connectivity index (χ1n) is 11.9. The summed E-state index contributed by atoms with van der Waals surface area (Å²) in [5.74, 6) is -1.01. The Labute approximate surface area is 216 Å². The Kier molecular flexibility index (Phi) is 7.62. The van der Waals surface area contributed by atoms with E-state index >= 15 is 4.39 Å². The third kappa shape index (κ3) is 4.81. The Hall–Kier alpha value is -3.41. The molecule has 1 heterocycles. The molecule has 4 aromatic carbocycles. The van der Waals surface area contributed by atoms with Crippen LogP contribution in [0.3, 0.4) is 0 Å². The Morgan fingerprint density at radius 3 is 2.58 bits per heavy atom. The first-order valence-corrected chi connectivity index (χ1v) is 11.9. The quantitative estimate of drug-likeness (QED) is 0.295. The molecule has 0 saturated carbocycles. The van der Waals surface area contributed by atoms with Crippen molar-refractivity contribution in [3.05, 3.63) is 112 Å². The van der Waals surface area contributed by atoms with Gasteiger partial charge in [-0.3, -0.25) is 0 Å². The number of carbonyl (C=O) groups is 1. The number of hydrogen-bond acceptors (Lipinski definition) is 3. The first-order chi connectivity index (χ1) is 16.9. The molecule has 4 aromatic rings. The van der Waals surface area contributed by atoms with Crippen LogP contribution in [0.2, 0.25) is 0 Å². The van der Waals surface area contributed by atoms with Crippen molar-refractivity contribution in [1.82, 2.24) is 5.32 Å². The van der Waals surface area contributed by atoms with E-state index in [-0.39, 0.29) is 41.9 Å². The lowest BCUT2D eigenvalue weighted by Gasteiger charge is -2.34. The van der Waals surface area contributed by atoms with Crippen LogP contribution < -0.4 is 10.1 Å². The molecule has 2 unspecified atom stereocenters. The van der Waals surface area contributed by atoms with E-state index in [1.165, 1.54) is 28.5 Å². The average molecular weight is 506 g/mol. The fourth-order valence-electron chi connectivity index (χ4n) is 5.29. The minimum absolute atomic E-state index is 0. The number of benzene rings is 4. The van der Waals surface area contributed by atoms with Crippen LogP contribution in [0.1, 0.15) is 57.9 Å². The predicted molar refractivity (Wildman–Crippen MR) is 143 cm³/mol. The van der Waals surface area contributed by atoms with Gasteiger partial charge in [-0.15, -0.1) is 12.4 Å². The number of ether oxygens (including phenoxy) is 1. The zero-order valence-electron chi connectivity index (χ0n) is 20.2. The van der Waals surface area contributed by atoms with Crippen LogP contribution in [0.5, 0.6) is 5.75 Å². The number of hydrogen-bond donors (Lipinski definition) is 2. The van der Waals surface area contributed by atoms with Gasteiger partial charge in [0.05, 0.1) is 5.56 Å². The fourth-order valence-corrected chi connectivity index (χ4v) is 5.29.